The number of carbonyl (C=O) groups excluding carboxylic acids is 3. The van der Waals surface area contributed by atoms with Gasteiger partial charge in [-0.25, -0.2) is 0 Å². The lowest BCUT2D eigenvalue weighted by Gasteiger charge is -2.29. The first-order valence-electron chi connectivity index (χ1n) is 11.1. The Balaban J connectivity index is 1.75. The summed E-state index contributed by atoms with van der Waals surface area (Å²) in [5, 5.41) is 20.1. The van der Waals surface area contributed by atoms with E-state index in [1.165, 1.54) is 17.0 Å². The molecule has 1 fully saturated rings. The number of carbonyl (C=O) groups is 3. The third-order valence-corrected chi connectivity index (χ3v) is 5.82. The zero-order valence-corrected chi connectivity index (χ0v) is 19.3. The average molecular weight is 458 g/mol. The topological polar surface area (TPSA) is 152 Å². The van der Waals surface area contributed by atoms with E-state index >= 15 is 0 Å². The van der Waals surface area contributed by atoms with Gasteiger partial charge in [0.05, 0.1) is 12.1 Å². The molecule has 0 unspecified atom stereocenters. The summed E-state index contributed by atoms with van der Waals surface area (Å²) < 4.78 is 5.53. The van der Waals surface area contributed by atoms with Gasteiger partial charge in [0.1, 0.15) is 11.8 Å². The minimum atomic E-state index is -0.911. The second-order valence-electron chi connectivity index (χ2n) is 9.02. The third kappa shape index (κ3) is 5.39. The van der Waals surface area contributed by atoms with Gasteiger partial charge < -0.3 is 25.5 Å². The predicted octanol–water partition coefficient (Wildman–Crippen LogP) is 1.74. The normalized spacial score (nSPS) is 17.9. The number of aromatic hydroxyl groups is 1. The van der Waals surface area contributed by atoms with E-state index in [1.54, 1.807) is 26.0 Å². The summed E-state index contributed by atoms with van der Waals surface area (Å²) in [5.41, 5.74) is 6.48. The lowest BCUT2D eigenvalue weighted by atomic mass is 9.98. The molecule has 0 saturated carbocycles. The van der Waals surface area contributed by atoms with Crippen LogP contribution in [0.2, 0.25) is 0 Å². The Bertz CT molecular complexity index is 1020. The average Bonchev–Trinajstić information content (AvgIpc) is 3.45. The lowest BCUT2D eigenvalue weighted by Crippen LogP contribution is -2.55. The van der Waals surface area contributed by atoms with Crippen LogP contribution in [0.3, 0.4) is 0 Å². The molecule has 178 valence electrons. The van der Waals surface area contributed by atoms with Crippen LogP contribution in [0.5, 0.6) is 5.75 Å². The number of hydrogen-bond acceptors (Lipinski definition) is 8. The fraction of sp³-hybridized carbons (Fsp3) is 0.522. The highest BCUT2D eigenvalue weighted by atomic mass is 16.4. The van der Waals surface area contributed by atoms with Gasteiger partial charge in [-0.15, -0.1) is 10.2 Å². The van der Waals surface area contributed by atoms with Crippen LogP contribution in [0.15, 0.2) is 28.7 Å². The standard InChI is InChI=1S/C23H31N5O5/c1-12(2)17(24)23(32)28-10-6-9-16(28)20(31)25-18(13(3)4)19(30)22-27-26-21(33-22)14-7-5-8-15(29)11-14/h5,7-8,11-13,16-18,29H,6,9-10,24H2,1-4H3,(H,25,31)/t16-,17-,18-/m0/s1. The van der Waals surface area contributed by atoms with Gasteiger partial charge in [0, 0.05) is 12.1 Å². The molecular weight excluding hydrogens is 426 g/mol. The summed E-state index contributed by atoms with van der Waals surface area (Å²) >= 11 is 0. The van der Waals surface area contributed by atoms with E-state index in [0.29, 0.717) is 24.9 Å². The van der Waals surface area contributed by atoms with Gasteiger partial charge in [0.25, 0.3) is 5.89 Å². The molecule has 0 aliphatic carbocycles. The Morgan fingerprint density at radius 2 is 1.91 bits per heavy atom. The molecule has 4 N–H and O–H groups in total. The largest absolute Gasteiger partial charge is 0.508 e. The number of rotatable bonds is 8. The van der Waals surface area contributed by atoms with E-state index in [0.717, 1.165) is 0 Å². The highest BCUT2D eigenvalue weighted by Crippen LogP contribution is 2.24. The Hall–Kier alpha value is -3.27. The maximum atomic E-state index is 13.1. The molecule has 1 saturated heterocycles. The van der Waals surface area contributed by atoms with Crippen molar-refractivity contribution in [2.45, 2.75) is 58.7 Å². The summed E-state index contributed by atoms with van der Waals surface area (Å²) in [6.45, 7) is 7.76. The van der Waals surface area contributed by atoms with Gasteiger partial charge in [0.15, 0.2) is 0 Å². The van der Waals surface area contributed by atoms with Crippen LogP contribution < -0.4 is 11.1 Å². The van der Waals surface area contributed by atoms with Crippen LogP contribution in [-0.4, -0.2) is 62.5 Å². The SMILES string of the molecule is CC(C)[C@H](N)C(=O)N1CCC[C@H]1C(=O)N[C@H](C(=O)c1nnc(-c2cccc(O)c2)o1)C(C)C. The van der Waals surface area contributed by atoms with Crippen LogP contribution in [0.1, 0.15) is 51.2 Å². The quantitative estimate of drug-likeness (QED) is 0.507. The van der Waals surface area contributed by atoms with Crippen molar-refractivity contribution in [1.82, 2.24) is 20.4 Å². The zero-order chi connectivity index (χ0) is 24.3. The first kappa shape index (κ1) is 24.4. The van der Waals surface area contributed by atoms with E-state index in [2.05, 4.69) is 15.5 Å². The second kappa shape index (κ2) is 10.1. The number of ketones is 1. The van der Waals surface area contributed by atoms with E-state index in [4.69, 9.17) is 10.2 Å². The van der Waals surface area contributed by atoms with E-state index in [-0.39, 0.29) is 35.3 Å². The van der Waals surface area contributed by atoms with Gasteiger partial charge in [-0.1, -0.05) is 33.8 Å². The van der Waals surface area contributed by atoms with Crippen molar-refractivity contribution in [3.8, 4) is 17.2 Å². The van der Waals surface area contributed by atoms with Crippen LogP contribution in [0.25, 0.3) is 11.5 Å². The Morgan fingerprint density at radius 1 is 1.18 bits per heavy atom. The Morgan fingerprint density at radius 3 is 2.55 bits per heavy atom. The number of benzene rings is 1. The van der Waals surface area contributed by atoms with Crippen molar-refractivity contribution >= 4 is 17.6 Å². The van der Waals surface area contributed by atoms with Gasteiger partial charge in [-0.05, 0) is 42.9 Å². The number of hydrogen-bond donors (Lipinski definition) is 3. The van der Waals surface area contributed by atoms with Crippen molar-refractivity contribution in [1.29, 1.82) is 0 Å². The smallest absolute Gasteiger partial charge is 0.286 e. The summed E-state index contributed by atoms with van der Waals surface area (Å²) in [7, 11) is 0. The van der Waals surface area contributed by atoms with Gasteiger partial charge in [0.2, 0.25) is 23.5 Å². The predicted molar refractivity (Wildman–Crippen MR) is 120 cm³/mol. The molecule has 10 heteroatoms. The number of Topliss-reactive ketones (excluding diaryl/α,β-unsaturated/α-hetero) is 1. The first-order valence-corrected chi connectivity index (χ1v) is 11.1. The van der Waals surface area contributed by atoms with Gasteiger partial charge in [-0.3, -0.25) is 14.4 Å². The molecule has 2 amide bonds. The van der Waals surface area contributed by atoms with E-state index in [9.17, 15) is 19.5 Å². The van der Waals surface area contributed by atoms with Crippen molar-refractivity contribution in [3.63, 3.8) is 0 Å². The lowest BCUT2D eigenvalue weighted by molar-refractivity contribution is -0.140. The highest BCUT2D eigenvalue weighted by molar-refractivity contribution is 6.00. The molecule has 10 nitrogen and oxygen atoms in total. The van der Waals surface area contributed by atoms with E-state index < -0.39 is 29.8 Å². The molecule has 0 spiro atoms. The number of aromatic nitrogens is 2. The highest BCUT2D eigenvalue weighted by Gasteiger charge is 2.39. The second-order valence-corrected chi connectivity index (χ2v) is 9.02. The summed E-state index contributed by atoms with van der Waals surface area (Å²) in [6.07, 6.45) is 1.19. The number of amides is 2. The fourth-order valence-electron chi connectivity index (χ4n) is 3.78. The molecule has 1 aliphatic rings. The molecule has 3 atom stereocenters. The summed E-state index contributed by atoms with van der Waals surface area (Å²) in [5.74, 6) is -1.64. The number of phenolic OH excluding ortho intramolecular Hbond substituents is 1. The van der Waals surface area contributed by atoms with Crippen LogP contribution in [0.4, 0.5) is 0 Å². The zero-order valence-electron chi connectivity index (χ0n) is 19.3. The number of nitrogens with one attached hydrogen (secondary N) is 1. The molecule has 1 aromatic carbocycles. The molecule has 2 heterocycles. The van der Waals surface area contributed by atoms with Crippen LogP contribution in [0, 0.1) is 11.8 Å². The van der Waals surface area contributed by atoms with Crippen molar-refractivity contribution in [3.05, 3.63) is 30.2 Å². The molecule has 0 radical (unpaired) electrons. The van der Waals surface area contributed by atoms with Gasteiger partial charge >= 0.3 is 0 Å². The summed E-state index contributed by atoms with van der Waals surface area (Å²) in [6, 6.07) is 3.95. The number of likely N-dealkylation sites (tertiary alicyclic amines) is 1. The maximum absolute atomic E-state index is 13.1. The molecule has 1 aliphatic heterocycles. The minimum Gasteiger partial charge on any atom is -0.508 e. The molecular formula is C23H31N5O5. The number of phenols is 1. The minimum absolute atomic E-state index is 0.0266. The molecule has 33 heavy (non-hydrogen) atoms. The summed E-state index contributed by atoms with van der Waals surface area (Å²) in [4.78, 5) is 40.4. The monoisotopic (exact) mass is 457 g/mol. The molecule has 1 aromatic heterocycles. The number of nitrogens with zero attached hydrogens (tertiary/aromatic N) is 3. The van der Waals surface area contributed by atoms with Crippen molar-refractivity contribution < 1.29 is 23.9 Å². The molecule has 3 rings (SSSR count). The van der Waals surface area contributed by atoms with Crippen molar-refractivity contribution in [2.24, 2.45) is 17.6 Å². The number of nitrogens with two attached hydrogens (primary N) is 1. The maximum Gasteiger partial charge on any atom is 0.286 e. The first-order chi connectivity index (χ1) is 15.6. The van der Waals surface area contributed by atoms with E-state index in [1.807, 2.05) is 13.8 Å². The van der Waals surface area contributed by atoms with Crippen molar-refractivity contribution in [2.75, 3.05) is 6.54 Å². The van der Waals surface area contributed by atoms with Crippen LogP contribution in [-0.2, 0) is 9.59 Å². The molecule has 0 bridgehead atoms. The fourth-order valence-corrected chi connectivity index (χ4v) is 3.78. The Kier molecular flexibility index (Phi) is 7.47. The Labute approximate surface area is 192 Å². The van der Waals surface area contributed by atoms with Gasteiger partial charge in [-0.2, -0.15) is 0 Å². The molecule has 2 aromatic rings. The third-order valence-electron chi connectivity index (χ3n) is 5.82. The van der Waals surface area contributed by atoms with Crippen LogP contribution >= 0.6 is 0 Å².